The first-order chi connectivity index (χ1) is 38.5. The van der Waals surface area contributed by atoms with E-state index >= 15 is 0 Å². The Morgan fingerprint density at radius 3 is 0.910 bits per heavy atom. The topological polar surface area (TPSA) is 82.2 Å². The molecule has 78 heavy (non-hydrogen) atoms. The summed E-state index contributed by atoms with van der Waals surface area (Å²) in [6.07, 6.45) is 11.4. The van der Waals surface area contributed by atoms with Crippen LogP contribution in [0.1, 0.15) is 97.6 Å². The third kappa shape index (κ3) is 11.4. The van der Waals surface area contributed by atoms with Gasteiger partial charge < -0.3 is 33.5 Å². The van der Waals surface area contributed by atoms with E-state index in [1.54, 1.807) is 0 Å². The predicted octanol–water partition coefficient (Wildman–Crippen LogP) is 15.2. The van der Waals surface area contributed by atoms with Gasteiger partial charge in [0.15, 0.2) is 0 Å². The molecule has 0 radical (unpaired) electrons. The van der Waals surface area contributed by atoms with Crippen molar-refractivity contribution in [2.45, 2.75) is 93.4 Å². The molecule has 0 amide bonds. The number of aliphatic hydroxyl groups excluding tert-OH is 1. The summed E-state index contributed by atoms with van der Waals surface area (Å²) in [6.45, 7) is 2.86. The lowest BCUT2D eigenvalue weighted by Gasteiger charge is -2.45. The summed E-state index contributed by atoms with van der Waals surface area (Å²) in [6, 6.07) is 74.6. The van der Waals surface area contributed by atoms with E-state index in [1.165, 1.54) is 94.2 Å². The minimum absolute atomic E-state index is 0.0939. The molecule has 2 saturated heterocycles. The van der Waals surface area contributed by atoms with Crippen LogP contribution in [0.25, 0.3) is 22.3 Å². The fourth-order valence-corrected chi connectivity index (χ4v) is 13.0. The first kappa shape index (κ1) is 51.6. The van der Waals surface area contributed by atoms with Gasteiger partial charge in [-0.2, -0.15) is 0 Å². The van der Waals surface area contributed by atoms with Gasteiger partial charge >= 0.3 is 0 Å². The molecule has 7 nitrogen and oxygen atoms in total. The third-order valence-electron chi connectivity index (χ3n) is 17.1. The van der Waals surface area contributed by atoms with Gasteiger partial charge in [0, 0.05) is 10.8 Å². The molecule has 8 aromatic rings. The number of benzene rings is 8. The van der Waals surface area contributed by atoms with Crippen LogP contribution in [0.2, 0.25) is 0 Å². The monoisotopic (exact) mass is 1040 g/mol. The van der Waals surface area contributed by atoms with Crippen molar-refractivity contribution in [1.82, 2.24) is 0 Å². The molecule has 398 valence electrons. The highest BCUT2D eigenvalue weighted by atomic mass is 16.6. The molecule has 4 aliphatic rings. The second-order valence-corrected chi connectivity index (χ2v) is 22.1. The van der Waals surface area contributed by atoms with Crippen molar-refractivity contribution < 1.29 is 33.5 Å². The van der Waals surface area contributed by atoms with E-state index in [9.17, 15) is 5.11 Å². The number of hydrogen-bond donors (Lipinski definition) is 1. The normalized spacial score (nSPS) is 19.4. The molecule has 0 spiro atoms. The Morgan fingerprint density at radius 1 is 0.346 bits per heavy atom. The van der Waals surface area contributed by atoms with Crippen LogP contribution < -0.4 is 18.9 Å². The fraction of sp³-hybridized carbons (Fsp3) is 0.324. The van der Waals surface area contributed by atoms with Crippen LogP contribution in [-0.4, -0.2) is 63.1 Å². The third-order valence-corrected chi connectivity index (χ3v) is 17.1. The van der Waals surface area contributed by atoms with Gasteiger partial charge in [0.25, 0.3) is 0 Å². The number of ether oxygens (including phenoxy) is 6. The minimum Gasteiger partial charge on any atom is -0.491 e. The Balaban J connectivity index is 0.777. The number of hydrogen-bond acceptors (Lipinski definition) is 7. The lowest BCUT2D eigenvalue weighted by Crippen LogP contribution is -2.39. The molecule has 0 bridgehead atoms. The SMILES string of the molecule is OC(COc1ccc(C(c2ccc(OCC3CO3)cc2)(c2ccc(-c3ccccc3)cc2)C2CCCCC2)cc1)COc1ccc(C(c2ccc(OCC3CO3)cc2)(c2ccc(-c3ccccc3)cc2)C2CCCCC2)cc1. The van der Waals surface area contributed by atoms with Gasteiger partial charge in [-0.1, -0.05) is 196 Å². The Bertz CT molecular complexity index is 2910. The van der Waals surface area contributed by atoms with Gasteiger partial charge in [0.1, 0.15) is 67.7 Å². The second kappa shape index (κ2) is 23.8. The largest absolute Gasteiger partial charge is 0.491 e. The van der Waals surface area contributed by atoms with Crippen LogP contribution in [-0.2, 0) is 20.3 Å². The van der Waals surface area contributed by atoms with Crippen LogP contribution >= 0.6 is 0 Å². The van der Waals surface area contributed by atoms with Gasteiger partial charge in [-0.3, -0.25) is 0 Å². The van der Waals surface area contributed by atoms with E-state index in [0.29, 0.717) is 36.5 Å². The molecule has 7 heteroatoms. The molecular weight excluding hydrogens is 965 g/mol. The average Bonchev–Trinajstić information content (AvgIpc) is 4.49. The molecule has 4 fully saturated rings. The Morgan fingerprint density at radius 2 is 0.615 bits per heavy atom. The maximum absolute atomic E-state index is 11.4. The Hall–Kier alpha value is -7.16. The van der Waals surface area contributed by atoms with E-state index in [4.69, 9.17) is 28.4 Å². The van der Waals surface area contributed by atoms with Crippen molar-refractivity contribution in [2.24, 2.45) is 11.8 Å². The predicted molar refractivity (Wildman–Crippen MR) is 310 cm³/mol. The molecule has 2 aliphatic heterocycles. The summed E-state index contributed by atoms with van der Waals surface area (Å²) in [5.74, 6) is 3.89. The molecular formula is C71H72O7. The first-order valence-electron chi connectivity index (χ1n) is 28.7. The van der Waals surface area contributed by atoms with Crippen LogP contribution in [0, 0.1) is 11.8 Å². The van der Waals surface area contributed by atoms with E-state index in [0.717, 1.165) is 50.4 Å². The zero-order chi connectivity index (χ0) is 52.6. The summed E-state index contributed by atoms with van der Waals surface area (Å²) < 4.78 is 35.8. The standard InChI is InChI=1S/C71H72O7/c72-63(45-73-64-37-29-59(30-38-64)70(55-17-9-3-10-18-55,61-33-41-66(42-34-61)75-47-68-49-77-68)57-25-21-53(22-26-57)51-13-5-1-6-14-51)46-74-65-39-31-60(32-40-65)71(56-19-11-4-12-20-56,62-35-43-67(44-36-62)76-48-69-50-78-69)58-27-23-54(24-28-58)52-15-7-2-8-16-52/h1-2,5-8,13-16,21-44,55-56,63,68-69,72H,3-4,9-12,17-20,45-50H2. The number of rotatable bonds is 22. The van der Waals surface area contributed by atoms with Crippen molar-refractivity contribution in [1.29, 1.82) is 0 Å². The molecule has 8 aromatic carbocycles. The quantitative estimate of drug-likeness (QED) is 0.0535. The van der Waals surface area contributed by atoms with Crippen molar-refractivity contribution in [3.8, 4) is 45.3 Å². The van der Waals surface area contributed by atoms with Gasteiger partial charge in [0.2, 0.25) is 0 Å². The van der Waals surface area contributed by atoms with Crippen molar-refractivity contribution in [3.05, 3.63) is 240 Å². The van der Waals surface area contributed by atoms with Crippen molar-refractivity contribution in [3.63, 3.8) is 0 Å². The Labute approximate surface area is 461 Å². The van der Waals surface area contributed by atoms with E-state index in [2.05, 4.69) is 206 Å². The lowest BCUT2D eigenvalue weighted by molar-refractivity contribution is 0.0626. The summed E-state index contributed by atoms with van der Waals surface area (Å²) in [5, 5.41) is 11.4. The van der Waals surface area contributed by atoms with Crippen LogP contribution in [0.4, 0.5) is 0 Å². The maximum Gasteiger partial charge on any atom is 0.122 e. The molecule has 0 aromatic heterocycles. The van der Waals surface area contributed by atoms with Crippen LogP contribution in [0.3, 0.4) is 0 Å². The van der Waals surface area contributed by atoms with Crippen molar-refractivity contribution in [2.75, 3.05) is 39.6 Å². The molecule has 2 heterocycles. The summed E-state index contributed by atoms with van der Waals surface area (Å²) in [5.41, 5.74) is 11.5. The smallest absolute Gasteiger partial charge is 0.122 e. The minimum atomic E-state index is -0.849. The zero-order valence-corrected chi connectivity index (χ0v) is 44.7. The highest BCUT2D eigenvalue weighted by Crippen LogP contribution is 2.53. The van der Waals surface area contributed by atoms with Crippen LogP contribution in [0.5, 0.6) is 23.0 Å². The van der Waals surface area contributed by atoms with Crippen molar-refractivity contribution >= 4 is 0 Å². The Kier molecular flexibility index (Phi) is 15.8. The number of epoxide rings is 2. The highest BCUT2D eigenvalue weighted by molar-refractivity contribution is 5.67. The second-order valence-electron chi connectivity index (χ2n) is 22.1. The average molecular weight is 1040 g/mol. The molecule has 2 aliphatic carbocycles. The zero-order valence-electron chi connectivity index (χ0n) is 44.7. The van der Waals surface area contributed by atoms with E-state index in [1.807, 2.05) is 0 Å². The van der Waals surface area contributed by atoms with Crippen LogP contribution in [0.15, 0.2) is 206 Å². The lowest BCUT2D eigenvalue weighted by atomic mass is 9.58. The van der Waals surface area contributed by atoms with Gasteiger partial charge in [-0.05, 0) is 142 Å². The molecule has 12 rings (SSSR count). The molecule has 2 saturated carbocycles. The summed E-state index contributed by atoms with van der Waals surface area (Å²) in [7, 11) is 0. The number of aliphatic hydroxyl groups is 1. The fourth-order valence-electron chi connectivity index (χ4n) is 13.0. The van der Waals surface area contributed by atoms with E-state index < -0.39 is 16.9 Å². The first-order valence-corrected chi connectivity index (χ1v) is 28.7. The summed E-state index contributed by atoms with van der Waals surface area (Å²) >= 11 is 0. The molecule has 4 atom stereocenters. The maximum atomic E-state index is 11.4. The summed E-state index contributed by atoms with van der Waals surface area (Å²) in [4.78, 5) is 0. The van der Waals surface area contributed by atoms with Gasteiger partial charge in [-0.15, -0.1) is 0 Å². The van der Waals surface area contributed by atoms with Gasteiger partial charge in [0.05, 0.1) is 13.2 Å². The van der Waals surface area contributed by atoms with E-state index in [-0.39, 0.29) is 25.4 Å². The highest BCUT2D eigenvalue weighted by Gasteiger charge is 2.46. The molecule has 4 unspecified atom stereocenters. The molecule has 1 N–H and O–H groups in total. The van der Waals surface area contributed by atoms with Gasteiger partial charge in [-0.25, -0.2) is 0 Å².